The first-order valence-corrected chi connectivity index (χ1v) is 10.7. The highest BCUT2D eigenvalue weighted by Crippen LogP contribution is 2.17. The SMILES string of the molecule is O=S(=O)(Cc1ccccc1CNCC1CCOCC1)N1CCOCC1. The molecule has 1 aromatic carbocycles. The zero-order valence-corrected chi connectivity index (χ0v) is 15.5. The third-order valence-corrected chi connectivity index (χ3v) is 6.74. The quantitative estimate of drug-likeness (QED) is 0.787. The predicted octanol–water partition coefficient (Wildman–Crippen LogP) is 1.36. The lowest BCUT2D eigenvalue weighted by Crippen LogP contribution is -2.41. The predicted molar refractivity (Wildman–Crippen MR) is 96.7 cm³/mol. The molecule has 140 valence electrons. The molecule has 25 heavy (non-hydrogen) atoms. The van der Waals surface area contributed by atoms with Crippen molar-refractivity contribution in [1.82, 2.24) is 9.62 Å². The molecule has 0 spiro atoms. The Labute approximate surface area is 150 Å². The van der Waals surface area contributed by atoms with E-state index in [2.05, 4.69) is 5.32 Å². The Balaban J connectivity index is 1.58. The van der Waals surface area contributed by atoms with Gasteiger partial charge in [-0.2, -0.15) is 4.31 Å². The van der Waals surface area contributed by atoms with Crippen molar-refractivity contribution < 1.29 is 17.9 Å². The van der Waals surface area contributed by atoms with Crippen LogP contribution in [0, 0.1) is 5.92 Å². The summed E-state index contributed by atoms with van der Waals surface area (Å²) in [4.78, 5) is 0. The van der Waals surface area contributed by atoms with Crippen molar-refractivity contribution in [3.8, 4) is 0 Å². The topological polar surface area (TPSA) is 67.9 Å². The first-order chi connectivity index (χ1) is 12.1. The Bertz CT molecular complexity index is 638. The van der Waals surface area contributed by atoms with Crippen LogP contribution in [-0.2, 0) is 31.8 Å². The summed E-state index contributed by atoms with van der Waals surface area (Å²) in [5.41, 5.74) is 1.94. The summed E-state index contributed by atoms with van der Waals surface area (Å²) < 4.78 is 37.5. The lowest BCUT2D eigenvalue weighted by atomic mass is 10.0. The van der Waals surface area contributed by atoms with Crippen LogP contribution in [0.4, 0.5) is 0 Å². The van der Waals surface area contributed by atoms with Crippen LogP contribution < -0.4 is 5.32 Å². The van der Waals surface area contributed by atoms with Gasteiger partial charge in [-0.15, -0.1) is 0 Å². The molecule has 7 heteroatoms. The van der Waals surface area contributed by atoms with Gasteiger partial charge in [0.2, 0.25) is 10.0 Å². The average Bonchev–Trinajstić information content (AvgIpc) is 2.64. The van der Waals surface area contributed by atoms with E-state index in [4.69, 9.17) is 9.47 Å². The van der Waals surface area contributed by atoms with Crippen molar-refractivity contribution in [2.45, 2.75) is 25.1 Å². The monoisotopic (exact) mass is 368 g/mol. The van der Waals surface area contributed by atoms with E-state index in [9.17, 15) is 8.42 Å². The van der Waals surface area contributed by atoms with Crippen LogP contribution in [-0.4, -0.2) is 58.8 Å². The molecule has 0 amide bonds. The van der Waals surface area contributed by atoms with Gasteiger partial charge in [-0.05, 0) is 36.4 Å². The van der Waals surface area contributed by atoms with Gasteiger partial charge >= 0.3 is 0 Å². The molecule has 0 unspecified atom stereocenters. The fourth-order valence-electron chi connectivity index (χ4n) is 3.34. The molecule has 0 aliphatic carbocycles. The molecule has 2 heterocycles. The van der Waals surface area contributed by atoms with Crippen LogP contribution in [0.2, 0.25) is 0 Å². The van der Waals surface area contributed by atoms with Crippen molar-refractivity contribution in [3.05, 3.63) is 35.4 Å². The number of hydrogen-bond donors (Lipinski definition) is 1. The van der Waals surface area contributed by atoms with E-state index in [1.54, 1.807) is 4.31 Å². The molecule has 0 aromatic heterocycles. The molecule has 2 saturated heterocycles. The van der Waals surface area contributed by atoms with Crippen LogP contribution in [0.1, 0.15) is 24.0 Å². The molecule has 0 radical (unpaired) electrons. The molecule has 1 N–H and O–H groups in total. The average molecular weight is 368 g/mol. The molecule has 0 saturated carbocycles. The zero-order valence-electron chi connectivity index (χ0n) is 14.7. The standard InChI is InChI=1S/C18H28N2O4S/c21-25(22,20-7-11-24-12-8-20)15-18-4-2-1-3-17(18)14-19-13-16-5-9-23-10-6-16/h1-4,16,19H,5-15H2. The highest BCUT2D eigenvalue weighted by molar-refractivity contribution is 7.88. The maximum absolute atomic E-state index is 12.7. The highest BCUT2D eigenvalue weighted by Gasteiger charge is 2.25. The Morgan fingerprint density at radius 3 is 2.36 bits per heavy atom. The van der Waals surface area contributed by atoms with Crippen molar-refractivity contribution in [3.63, 3.8) is 0 Å². The van der Waals surface area contributed by atoms with Gasteiger partial charge in [-0.1, -0.05) is 24.3 Å². The zero-order chi connectivity index (χ0) is 17.5. The van der Waals surface area contributed by atoms with E-state index in [1.165, 1.54) is 0 Å². The largest absolute Gasteiger partial charge is 0.381 e. The number of ether oxygens (including phenoxy) is 2. The number of nitrogens with one attached hydrogen (secondary N) is 1. The van der Waals surface area contributed by atoms with Gasteiger partial charge in [-0.3, -0.25) is 0 Å². The van der Waals surface area contributed by atoms with E-state index >= 15 is 0 Å². The van der Waals surface area contributed by atoms with Gasteiger partial charge in [0.25, 0.3) is 0 Å². The second-order valence-electron chi connectivity index (χ2n) is 6.72. The maximum Gasteiger partial charge on any atom is 0.218 e. The molecule has 6 nitrogen and oxygen atoms in total. The normalized spacial score (nSPS) is 20.6. The fourth-order valence-corrected chi connectivity index (χ4v) is 4.91. The van der Waals surface area contributed by atoms with Crippen LogP contribution in [0.3, 0.4) is 0 Å². The molecule has 0 atom stereocenters. The number of rotatable bonds is 7. The lowest BCUT2D eigenvalue weighted by Gasteiger charge is -2.26. The van der Waals surface area contributed by atoms with E-state index in [0.717, 1.165) is 43.7 Å². The summed E-state index contributed by atoms with van der Waals surface area (Å²) >= 11 is 0. The number of hydrogen-bond acceptors (Lipinski definition) is 5. The van der Waals surface area contributed by atoms with Crippen LogP contribution in [0.25, 0.3) is 0 Å². The van der Waals surface area contributed by atoms with Gasteiger partial charge in [-0.25, -0.2) is 8.42 Å². The van der Waals surface area contributed by atoms with Gasteiger partial charge in [0, 0.05) is 32.8 Å². The molecule has 2 aliphatic heterocycles. The van der Waals surface area contributed by atoms with Crippen molar-refractivity contribution in [1.29, 1.82) is 0 Å². The number of sulfonamides is 1. The Hall–Kier alpha value is -0.990. The van der Waals surface area contributed by atoms with Gasteiger partial charge in [0.05, 0.1) is 19.0 Å². The first kappa shape index (κ1) is 18.8. The summed E-state index contributed by atoms with van der Waals surface area (Å²) in [5.74, 6) is 0.709. The minimum Gasteiger partial charge on any atom is -0.381 e. The summed E-state index contributed by atoms with van der Waals surface area (Å²) in [6.45, 7) is 5.21. The number of nitrogens with zero attached hydrogens (tertiary/aromatic N) is 1. The molecule has 2 fully saturated rings. The van der Waals surface area contributed by atoms with Crippen molar-refractivity contribution in [2.24, 2.45) is 5.92 Å². The molecule has 3 rings (SSSR count). The van der Waals surface area contributed by atoms with E-state index < -0.39 is 10.0 Å². The second kappa shape index (κ2) is 9.09. The molecule has 2 aliphatic rings. The number of morpholine rings is 1. The van der Waals surface area contributed by atoms with Gasteiger partial charge < -0.3 is 14.8 Å². The first-order valence-electron chi connectivity index (χ1n) is 9.06. The molecular formula is C18H28N2O4S. The third-order valence-electron chi connectivity index (χ3n) is 4.91. The fraction of sp³-hybridized carbons (Fsp3) is 0.667. The lowest BCUT2D eigenvalue weighted by molar-refractivity contribution is 0.0662. The van der Waals surface area contributed by atoms with E-state index in [1.807, 2.05) is 24.3 Å². The van der Waals surface area contributed by atoms with Gasteiger partial charge in [0.1, 0.15) is 0 Å². The number of benzene rings is 1. The van der Waals surface area contributed by atoms with Crippen LogP contribution in [0.5, 0.6) is 0 Å². The summed E-state index contributed by atoms with van der Waals surface area (Å²) in [6.07, 6.45) is 2.19. The van der Waals surface area contributed by atoms with Gasteiger partial charge in [0.15, 0.2) is 0 Å². The van der Waals surface area contributed by atoms with Crippen LogP contribution >= 0.6 is 0 Å². The van der Waals surface area contributed by atoms with E-state index in [0.29, 0.717) is 38.8 Å². The molecular weight excluding hydrogens is 340 g/mol. The second-order valence-corrected chi connectivity index (χ2v) is 8.69. The minimum absolute atomic E-state index is 0.0577. The molecule has 1 aromatic rings. The highest BCUT2D eigenvalue weighted by atomic mass is 32.2. The third kappa shape index (κ3) is 5.49. The summed E-state index contributed by atoms with van der Waals surface area (Å²) in [5, 5.41) is 3.49. The van der Waals surface area contributed by atoms with Crippen molar-refractivity contribution in [2.75, 3.05) is 46.1 Å². The Kier molecular flexibility index (Phi) is 6.84. The Morgan fingerprint density at radius 1 is 1.00 bits per heavy atom. The van der Waals surface area contributed by atoms with Crippen LogP contribution in [0.15, 0.2) is 24.3 Å². The van der Waals surface area contributed by atoms with Crippen molar-refractivity contribution >= 4 is 10.0 Å². The Morgan fingerprint density at radius 2 is 1.64 bits per heavy atom. The molecule has 0 bridgehead atoms. The maximum atomic E-state index is 12.7. The minimum atomic E-state index is -3.30. The van der Waals surface area contributed by atoms with E-state index in [-0.39, 0.29) is 5.75 Å². The summed E-state index contributed by atoms with van der Waals surface area (Å²) in [6, 6.07) is 7.81. The summed E-state index contributed by atoms with van der Waals surface area (Å²) in [7, 11) is -3.30. The smallest absolute Gasteiger partial charge is 0.218 e.